The predicted molar refractivity (Wildman–Crippen MR) is 107 cm³/mol. The molecular formula is C19H23ClN4O4S. The molecule has 1 amide bonds. The van der Waals surface area contributed by atoms with Crippen molar-refractivity contribution in [3.8, 4) is 0 Å². The summed E-state index contributed by atoms with van der Waals surface area (Å²) in [6.07, 6.45) is 3.04. The van der Waals surface area contributed by atoms with Gasteiger partial charge < -0.3 is 9.64 Å². The zero-order valence-electron chi connectivity index (χ0n) is 15.9. The summed E-state index contributed by atoms with van der Waals surface area (Å²) in [5.41, 5.74) is 1.22. The number of carbonyl (C=O) groups is 1. The molecule has 0 radical (unpaired) electrons. The summed E-state index contributed by atoms with van der Waals surface area (Å²) in [7, 11) is -3.63. The second kappa shape index (κ2) is 8.43. The van der Waals surface area contributed by atoms with Crippen molar-refractivity contribution < 1.29 is 17.9 Å². The lowest BCUT2D eigenvalue weighted by atomic mass is 9.93. The third kappa shape index (κ3) is 4.18. The predicted octanol–water partition coefficient (Wildman–Crippen LogP) is 2.10. The zero-order valence-corrected chi connectivity index (χ0v) is 17.5. The van der Waals surface area contributed by atoms with Crippen LogP contribution in [0.1, 0.15) is 34.8 Å². The van der Waals surface area contributed by atoms with Gasteiger partial charge in [-0.1, -0.05) is 11.6 Å². The summed E-state index contributed by atoms with van der Waals surface area (Å²) in [6, 6.07) is 6.18. The highest BCUT2D eigenvalue weighted by Crippen LogP contribution is 2.31. The highest BCUT2D eigenvalue weighted by Gasteiger charge is 2.34. The number of H-pyrrole nitrogens is 1. The molecule has 10 heteroatoms. The number of amides is 1. The van der Waals surface area contributed by atoms with Crippen LogP contribution in [0.2, 0.25) is 5.02 Å². The average Bonchev–Trinajstić information content (AvgIpc) is 3.24. The number of benzene rings is 1. The summed E-state index contributed by atoms with van der Waals surface area (Å²) in [5, 5.41) is 7.52. The SMILES string of the molecule is O=C(c1cn[nH]c1C1CCCN(S(=O)(=O)c2ccc(Cl)cc2)C1)N1CCOCC1. The zero-order chi connectivity index (χ0) is 20.4. The van der Waals surface area contributed by atoms with Crippen LogP contribution in [-0.2, 0) is 14.8 Å². The van der Waals surface area contributed by atoms with Gasteiger partial charge in [-0.05, 0) is 37.1 Å². The highest BCUT2D eigenvalue weighted by atomic mass is 35.5. The molecule has 156 valence electrons. The Morgan fingerprint density at radius 2 is 1.90 bits per heavy atom. The molecule has 0 bridgehead atoms. The average molecular weight is 439 g/mol. The molecule has 0 saturated carbocycles. The first-order valence-corrected chi connectivity index (χ1v) is 11.4. The number of ether oxygens (including phenoxy) is 1. The maximum atomic E-state index is 13.0. The van der Waals surface area contributed by atoms with E-state index in [2.05, 4.69) is 10.2 Å². The van der Waals surface area contributed by atoms with Crippen molar-refractivity contribution in [2.75, 3.05) is 39.4 Å². The van der Waals surface area contributed by atoms with E-state index < -0.39 is 10.0 Å². The van der Waals surface area contributed by atoms with Crippen LogP contribution in [0.4, 0.5) is 0 Å². The third-order valence-corrected chi connectivity index (χ3v) is 7.57. The monoisotopic (exact) mass is 438 g/mol. The van der Waals surface area contributed by atoms with Crippen LogP contribution in [0.15, 0.2) is 35.4 Å². The number of rotatable bonds is 4. The van der Waals surface area contributed by atoms with Gasteiger partial charge in [0.15, 0.2) is 0 Å². The topological polar surface area (TPSA) is 95.6 Å². The van der Waals surface area contributed by atoms with E-state index in [1.54, 1.807) is 23.2 Å². The van der Waals surface area contributed by atoms with Crippen molar-refractivity contribution >= 4 is 27.5 Å². The van der Waals surface area contributed by atoms with Crippen molar-refractivity contribution in [3.05, 3.63) is 46.7 Å². The van der Waals surface area contributed by atoms with Crippen molar-refractivity contribution in [1.82, 2.24) is 19.4 Å². The second-order valence-corrected chi connectivity index (χ2v) is 9.63. The van der Waals surface area contributed by atoms with Gasteiger partial charge in [-0.15, -0.1) is 0 Å². The Balaban J connectivity index is 1.54. The van der Waals surface area contributed by atoms with Gasteiger partial charge in [-0.3, -0.25) is 9.89 Å². The van der Waals surface area contributed by atoms with E-state index in [4.69, 9.17) is 16.3 Å². The number of aromatic amines is 1. The number of morpholine rings is 1. The van der Waals surface area contributed by atoms with Crippen LogP contribution >= 0.6 is 11.6 Å². The molecule has 2 aromatic rings. The van der Waals surface area contributed by atoms with Crippen molar-refractivity contribution in [1.29, 1.82) is 0 Å². The number of carbonyl (C=O) groups excluding carboxylic acids is 1. The van der Waals surface area contributed by atoms with Crippen LogP contribution in [-0.4, -0.2) is 73.1 Å². The first kappa shape index (κ1) is 20.3. The van der Waals surface area contributed by atoms with Gasteiger partial charge in [0.05, 0.1) is 35.6 Å². The largest absolute Gasteiger partial charge is 0.378 e. The number of aromatic nitrogens is 2. The number of hydrogen-bond acceptors (Lipinski definition) is 5. The molecule has 1 unspecified atom stereocenters. The molecule has 1 aromatic heterocycles. The summed E-state index contributed by atoms with van der Waals surface area (Å²) < 4.78 is 32.9. The molecule has 0 aliphatic carbocycles. The van der Waals surface area contributed by atoms with Crippen molar-refractivity contribution in [2.24, 2.45) is 0 Å². The Morgan fingerprint density at radius 3 is 2.62 bits per heavy atom. The van der Waals surface area contributed by atoms with Gasteiger partial charge in [0.25, 0.3) is 5.91 Å². The Labute approximate surface area is 174 Å². The van der Waals surface area contributed by atoms with Crippen LogP contribution < -0.4 is 0 Å². The quantitative estimate of drug-likeness (QED) is 0.788. The third-order valence-electron chi connectivity index (χ3n) is 5.44. The van der Waals surface area contributed by atoms with E-state index in [1.165, 1.54) is 16.4 Å². The lowest BCUT2D eigenvalue weighted by molar-refractivity contribution is 0.0301. The second-order valence-electron chi connectivity index (χ2n) is 7.26. The molecular weight excluding hydrogens is 416 g/mol. The summed E-state index contributed by atoms with van der Waals surface area (Å²) in [6.45, 7) is 2.89. The molecule has 29 heavy (non-hydrogen) atoms. The minimum atomic E-state index is -3.63. The van der Waals surface area contributed by atoms with Crippen molar-refractivity contribution in [2.45, 2.75) is 23.7 Å². The van der Waals surface area contributed by atoms with Gasteiger partial charge in [0.1, 0.15) is 0 Å². The van der Waals surface area contributed by atoms with Gasteiger partial charge in [0, 0.05) is 37.1 Å². The summed E-state index contributed by atoms with van der Waals surface area (Å²) >= 11 is 5.89. The van der Waals surface area contributed by atoms with E-state index in [0.717, 1.165) is 6.42 Å². The van der Waals surface area contributed by atoms with Gasteiger partial charge >= 0.3 is 0 Å². The van der Waals surface area contributed by atoms with Crippen LogP contribution in [0, 0.1) is 0 Å². The van der Waals surface area contributed by atoms with E-state index in [-0.39, 0.29) is 16.7 Å². The van der Waals surface area contributed by atoms with E-state index in [9.17, 15) is 13.2 Å². The Kier molecular flexibility index (Phi) is 5.91. The molecule has 1 atom stereocenters. The molecule has 8 nitrogen and oxygen atoms in total. The Hall–Kier alpha value is -1.94. The fourth-order valence-electron chi connectivity index (χ4n) is 3.87. The van der Waals surface area contributed by atoms with Crippen LogP contribution in [0.3, 0.4) is 0 Å². The molecule has 0 spiro atoms. The minimum Gasteiger partial charge on any atom is -0.378 e. The summed E-state index contributed by atoms with van der Waals surface area (Å²) in [5.74, 6) is -0.206. The lowest BCUT2D eigenvalue weighted by Gasteiger charge is -2.32. The first-order valence-electron chi connectivity index (χ1n) is 9.63. The van der Waals surface area contributed by atoms with Crippen LogP contribution in [0.5, 0.6) is 0 Å². The summed E-state index contributed by atoms with van der Waals surface area (Å²) in [4.78, 5) is 14.9. The Morgan fingerprint density at radius 1 is 1.17 bits per heavy atom. The van der Waals surface area contributed by atoms with E-state index in [0.29, 0.717) is 62.1 Å². The highest BCUT2D eigenvalue weighted by molar-refractivity contribution is 7.89. The number of nitrogens with one attached hydrogen (secondary N) is 1. The maximum Gasteiger partial charge on any atom is 0.257 e. The van der Waals surface area contributed by atoms with Gasteiger partial charge in [-0.25, -0.2) is 8.42 Å². The molecule has 2 saturated heterocycles. The molecule has 1 N–H and O–H groups in total. The van der Waals surface area contributed by atoms with Crippen molar-refractivity contribution in [3.63, 3.8) is 0 Å². The minimum absolute atomic E-state index is 0.0882. The van der Waals surface area contributed by atoms with Gasteiger partial charge in [0.2, 0.25) is 10.0 Å². The maximum absolute atomic E-state index is 13.0. The van der Waals surface area contributed by atoms with E-state index in [1.807, 2.05) is 0 Å². The molecule has 2 aliphatic rings. The smallest absolute Gasteiger partial charge is 0.257 e. The number of piperidine rings is 1. The molecule has 4 rings (SSSR count). The van der Waals surface area contributed by atoms with E-state index >= 15 is 0 Å². The number of halogens is 1. The first-order chi connectivity index (χ1) is 14.0. The normalized spacial score (nSPS) is 21.3. The fourth-order valence-corrected chi connectivity index (χ4v) is 5.52. The fraction of sp³-hybridized carbons (Fsp3) is 0.474. The van der Waals surface area contributed by atoms with Gasteiger partial charge in [-0.2, -0.15) is 9.40 Å². The number of sulfonamides is 1. The lowest BCUT2D eigenvalue weighted by Crippen LogP contribution is -2.42. The van der Waals surface area contributed by atoms with Crippen LogP contribution in [0.25, 0.3) is 0 Å². The molecule has 3 heterocycles. The number of hydrogen-bond donors (Lipinski definition) is 1. The molecule has 1 aromatic carbocycles. The molecule has 2 fully saturated rings. The standard InChI is InChI=1S/C19H23ClN4O4S/c20-15-3-5-16(6-4-15)29(26,27)24-7-1-2-14(13-24)18-17(12-21-22-18)19(25)23-8-10-28-11-9-23/h3-6,12,14H,1-2,7-11,13H2,(H,21,22). The number of nitrogens with zero attached hydrogens (tertiary/aromatic N) is 3. The molecule has 2 aliphatic heterocycles. The Bertz CT molecular complexity index is 970.